The first kappa shape index (κ1) is 16.4. The molecule has 6 heteroatoms. The second-order valence-electron chi connectivity index (χ2n) is 6.41. The van der Waals surface area contributed by atoms with Crippen molar-refractivity contribution in [2.75, 3.05) is 19.6 Å². The Morgan fingerprint density at radius 3 is 2.95 bits per heavy atom. The lowest BCUT2D eigenvalue weighted by atomic mass is 9.98. The van der Waals surface area contributed by atoms with E-state index in [-0.39, 0.29) is 0 Å². The molecule has 0 saturated carbocycles. The number of hydrogen-bond donors (Lipinski definition) is 1. The van der Waals surface area contributed by atoms with E-state index in [0.29, 0.717) is 6.04 Å². The third-order valence-electron chi connectivity index (χ3n) is 4.30. The predicted octanol–water partition coefficient (Wildman–Crippen LogP) is 1.68. The normalized spacial score (nSPS) is 19.6. The quantitative estimate of drug-likeness (QED) is 0.790. The van der Waals surface area contributed by atoms with Crippen LogP contribution in [0.5, 0.6) is 0 Å². The fourth-order valence-corrected chi connectivity index (χ4v) is 2.87. The molecule has 21 heavy (non-hydrogen) atoms. The van der Waals surface area contributed by atoms with Gasteiger partial charge in [0.1, 0.15) is 0 Å². The molecule has 0 bridgehead atoms. The Morgan fingerprint density at radius 1 is 1.43 bits per heavy atom. The van der Waals surface area contributed by atoms with Crippen LogP contribution in [0.15, 0.2) is 0 Å². The summed E-state index contributed by atoms with van der Waals surface area (Å²) in [6, 6.07) is 0.517. The van der Waals surface area contributed by atoms with Gasteiger partial charge in [0.05, 0.1) is 6.54 Å². The Balaban J connectivity index is 1.94. The second kappa shape index (κ2) is 8.44. The first-order chi connectivity index (χ1) is 10.2. The highest BCUT2D eigenvalue weighted by atomic mass is 15.5. The number of tetrazole rings is 1. The molecule has 6 nitrogen and oxygen atoms in total. The Kier molecular flexibility index (Phi) is 6.57. The summed E-state index contributed by atoms with van der Waals surface area (Å²) >= 11 is 0. The van der Waals surface area contributed by atoms with Crippen LogP contribution >= 0.6 is 0 Å². The molecule has 0 spiro atoms. The molecule has 1 atom stereocenters. The van der Waals surface area contributed by atoms with E-state index in [1.165, 1.54) is 25.8 Å². The van der Waals surface area contributed by atoms with E-state index in [4.69, 9.17) is 0 Å². The molecule has 1 unspecified atom stereocenters. The molecule has 1 aliphatic rings. The van der Waals surface area contributed by atoms with Crippen molar-refractivity contribution in [2.45, 2.75) is 65.6 Å². The van der Waals surface area contributed by atoms with Crippen molar-refractivity contribution in [2.24, 2.45) is 5.92 Å². The highest BCUT2D eigenvalue weighted by Gasteiger charge is 2.21. The van der Waals surface area contributed by atoms with Crippen molar-refractivity contribution < 1.29 is 0 Å². The molecule has 0 radical (unpaired) electrons. The van der Waals surface area contributed by atoms with Gasteiger partial charge in [-0.05, 0) is 62.5 Å². The minimum absolute atomic E-state index is 0.517. The van der Waals surface area contributed by atoms with Crippen LogP contribution in [0.3, 0.4) is 0 Å². The van der Waals surface area contributed by atoms with Gasteiger partial charge in [-0.3, -0.25) is 4.90 Å². The van der Waals surface area contributed by atoms with Crippen LogP contribution in [0, 0.1) is 5.92 Å². The average Bonchev–Trinajstić information content (AvgIpc) is 2.92. The molecule has 0 aliphatic carbocycles. The van der Waals surface area contributed by atoms with Crippen molar-refractivity contribution in [3.8, 4) is 0 Å². The SMILES string of the molecule is CCCCn1nnnc1CN(CC1CCCNC1)C(C)C. The third kappa shape index (κ3) is 5.04. The molecule has 0 aromatic carbocycles. The van der Waals surface area contributed by atoms with Gasteiger partial charge in [-0.25, -0.2) is 4.68 Å². The van der Waals surface area contributed by atoms with E-state index in [0.717, 1.165) is 44.3 Å². The Hall–Kier alpha value is -1.01. The number of rotatable bonds is 8. The van der Waals surface area contributed by atoms with Crippen LogP contribution in [-0.4, -0.2) is 50.8 Å². The molecular formula is C15H30N6. The largest absolute Gasteiger partial charge is 0.316 e. The maximum absolute atomic E-state index is 4.23. The molecule has 0 amide bonds. The number of unbranched alkanes of at least 4 members (excludes halogenated alkanes) is 1. The summed E-state index contributed by atoms with van der Waals surface area (Å²) in [4.78, 5) is 2.51. The van der Waals surface area contributed by atoms with E-state index in [9.17, 15) is 0 Å². The van der Waals surface area contributed by atoms with Crippen molar-refractivity contribution in [3.63, 3.8) is 0 Å². The molecule has 120 valence electrons. The first-order valence-corrected chi connectivity index (χ1v) is 8.40. The highest BCUT2D eigenvalue weighted by Crippen LogP contribution is 2.15. The van der Waals surface area contributed by atoms with E-state index in [2.05, 4.69) is 46.5 Å². The standard InChI is InChI=1S/C15H30N6/c1-4-5-9-21-15(17-18-19-21)12-20(13(2)3)11-14-7-6-8-16-10-14/h13-14,16H,4-12H2,1-3H3. The van der Waals surface area contributed by atoms with Gasteiger partial charge in [0, 0.05) is 19.1 Å². The van der Waals surface area contributed by atoms with Gasteiger partial charge in [0.25, 0.3) is 0 Å². The van der Waals surface area contributed by atoms with Gasteiger partial charge in [0.15, 0.2) is 5.82 Å². The molecule has 1 aromatic heterocycles. The molecule has 1 fully saturated rings. The van der Waals surface area contributed by atoms with Crippen LogP contribution in [0.25, 0.3) is 0 Å². The van der Waals surface area contributed by atoms with Gasteiger partial charge < -0.3 is 5.32 Å². The molecule has 2 heterocycles. The number of nitrogens with zero attached hydrogens (tertiary/aromatic N) is 5. The molecule has 1 aliphatic heterocycles. The molecule has 1 aromatic rings. The molecule has 1 saturated heterocycles. The van der Waals surface area contributed by atoms with Crippen molar-refractivity contribution in [1.29, 1.82) is 0 Å². The van der Waals surface area contributed by atoms with Crippen LogP contribution < -0.4 is 5.32 Å². The number of aromatic nitrogens is 4. The van der Waals surface area contributed by atoms with Gasteiger partial charge in [0.2, 0.25) is 0 Å². The average molecular weight is 294 g/mol. The number of nitrogens with one attached hydrogen (secondary N) is 1. The molecular weight excluding hydrogens is 264 g/mol. The maximum Gasteiger partial charge on any atom is 0.165 e. The Labute approximate surface area is 128 Å². The van der Waals surface area contributed by atoms with Crippen LogP contribution in [0.1, 0.15) is 52.3 Å². The summed E-state index contributed by atoms with van der Waals surface area (Å²) in [5.41, 5.74) is 0. The van der Waals surface area contributed by atoms with Crippen LogP contribution in [0.4, 0.5) is 0 Å². The summed E-state index contributed by atoms with van der Waals surface area (Å²) in [7, 11) is 0. The maximum atomic E-state index is 4.23. The zero-order valence-electron chi connectivity index (χ0n) is 13.8. The van der Waals surface area contributed by atoms with Crippen LogP contribution in [0.2, 0.25) is 0 Å². The summed E-state index contributed by atoms with van der Waals surface area (Å²) < 4.78 is 1.97. The Bertz CT molecular complexity index is 397. The molecule has 1 N–H and O–H groups in total. The number of hydrogen-bond acceptors (Lipinski definition) is 5. The predicted molar refractivity (Wildman–Crippen MR) is 83.9 cm³/mol. The van der Waals surface area contributed by atoms with Gasteiger partial charge in [-0.2, -0.15) is 0 Å². The lowest BCUT2D eigenvalue weighted by molar-refractivity contribution is 0.157. The summed E-state index contributed by atoms with van der Waals surface area (Å²) in [5.74, 6) is 1.75. The van der Waals surface area contributed by atoms with E-state index < -0.39 is 0 Å². The van der Waals surface area contributed by atoms with Crippen molar-refractivity contribution in [1.82, 2.24) is 30.4 Å². The number of aryl methyl sites for hydroxylation is 1. The molecule has 2 rings (SSSR count). The second-order valence-corrected chi connectivity index (χ2v) is 6.41. The summed E-state index contributed by atoms with van der Waals surface area (Å²) in [6.45, 7) is 11.9. The fraction of sp³-hybridized carbons (Fsp3) is 0.933. The van der Waals surface area contributed by atoms with Gasteiger partial charge >= 0.3 is 0 Å². The van der Waals surface area contributed by atoms with E-state index in [1.54, 1.807) is 0 Å². The third-order valence-corrected chi connectivity index (χ3v) is 4.30. The smallest absolute Gasteiger partial charge is 0.165 e. The van der Waals surface area contributed by atoms with Crippen LogP contribution in [-0.2, 0) is 13.1 Å². The lowest BCUT2D eigenvalue weighted by Gasteiger charge is -2.32. The fourth-order valence-electron chi connectivity index (χ4n) is 2.87. The van der Waals surface area contributed by atoms with Crippen molar-refractivity contribution >= 4 is 0 Å². The van der Waals surface area contributed by atoms with Gasteiger partial charge in [-0.1, -0.05) is 13.3 Å². The summed E-state index contributed by atoms with van der Waals surface area (Å²) in [6.07, 6.45) is 4.93. The topological polar surface area (TPSA) is 58.9 Å². The highest BCUT2D eigenvalue weighted by molar-refractivity contribution is 4.84. The monoisotopic (exact) mass is 294 g/mol. The first-order valence-electron chi connectivity index (χ1n) is 8.40. The van der Waals surface area contributed by atoms with Crippen molar-refractivity contribution in [3.05, 3.63) is 5.82 Å². The number of piperidine rings is 1. The van der Waals surface area contributed by atoms with Gasteiger partial charge in [-0.15, -0.1) is 5.10 Å². The Morgan fingerprint density at radius 2 is 2.29 bits per heavy atom. The minimum Gasteiger partial charge on any atom is -0.316 e. The lowest BCUT2D eigenvalue weighted by Crippen LogP contribution is -2.41. The summed E-state index contributed by atoms with van der Waals surface area (Å²) in [5, 5.41) is 15.7. The van der Waals surface area contributed by atoms with E-state index >= 15 is 0 Å². The van der Waals surface area contributed by atoms with E-state index in [1.807, 2.05) is 4.68 Å². The zero-order chi connectivity index (χ0) is 15.1. The zero-order valence-corrected chi connectivity index (χ0v) is 13.8. The minimum atomic E-state index is 0.517.